The molecule has 5 rings (SSSR count). The smallest absolute Gasteiger partial charge is 0.106 e. The zero-order valence-corrected chi connectivity index (χ0v) is 21.5. The van der Waals surface area contributed by atoms with Crippen molar-refractivity contribution >= 4 is 0 Å². The molecule has 0 aliphatic heterocycles. The highest BCUT2D eigenvalue weighted by atomic mass is 16.3. The standard InChI is InChI=1S/C29H47NO2/c1-18(2)19-10-15-29(30-32)17-16-27(6)20(24(19)29)8-9-22-26(5)13-12-23(31)25(3,4)21(26)11-14-28(22,27)7/h19-24,31H,1,8-17H2,2-7H3. The van der Waals surface area contributed by atoms with Crippen molar-refractivity contribution in [3.8, 4) is 0 Å². The largest absolute Gasteiger partial charge is 0.393 e. The fourth-order valence-electron chi connectivity index (χ4n) is 11.3. The van der Waals surface area contributed by atoms with E-state index in [0.29, 0.717) is 40.4 Å². The van der Waals surface area contributed by atoms with Crippen molar-refractivity contribution in [3.05, 3.63) is 17.1 Å². The summed E-state index contributed by atoms with van der Waals surface area (Å²) < 4.78 is 0. The van der Waals surface area contributed by atoms with Crippen molar-refractivity contribution in [3.63, 3.8) is 0 Å². The molecule has 0 aromatic carbocycles. The third-order valence-electron chi connectivity index (χ3n) is 13.2. The minimum atomic E-state index is -0.338. The van der Waals surface area contributed by atoms with E-state index in [4.69, 9.17) is 0 Å². The Labute approximate surface area is 196 Å². The summed E-state index contributed by atoms with van der Waals surface area (Å²) in [5.74, 6) is 2.76. The van der Waals surface area contributed by atoms with E-state index in [1.807, 2.05) is 0 Å². The second kappa shape index (κ2) is 6.92. The van der Waals surface area contributed by atoms with Crippen LogP contribution in [0, 0.1) is 56.2 Å². The highest BCUT2D eigenvalue weighted by molar-refractivity contribution is 5.23. The van der Waals surface area contributed by atoms with Gasteiger partial charge in [-0.1, -0.05) is 51.9 Å². The van der Waals surface area contributed by atoms with Gasteiger partial charge in [-0.15, -0.1) is 0 Å². The van der Waals surface area contributed by atoms with E-state index < -0.39 is 0 Å². The third-order valence-corrected chi connectivity index (χ3v) is 13.2. The molecule has 5 saturated carbocycles. The van der Waals surface area contributed by atoms with Gasteiger partial charge in [0.15, 0.2) is 0 Å². The molecule has 180 valence electrons. The first-order valence-corrected chi connectivity index (χ1v) is 13.6. The molecule has 5 aliphatic carbocycles. The van der Waals surface area contributed by atoms with Crippen LogP contribution in [0.3, 0.4) is 0 Å². The van der Waals surface area contributed by atoms with E-state index in [1.165, 1.54) is 37.7 Å². The molecule has 5 fully saturated rings. The number of nitrogens with zero attached hydrogens (tertiary/aromatic N) is 1. The Hall–Kier alpha value is -0.700. The zero-order chi connectivity index (χ0) is 23.3. The molecule has 1 N–H and O–H groups in total. The molecule has 3 heteroatoms. The third kappa shape index (κ3) is 2.58. The lowest BCUT2D eigenvalue weighted by molar-refractivity contribution is -0.242. The average molecular weight is 442 g/mol. The number of aliphatic hydroxyl groups is 1. The molecule has 10 unspecified atom stereocenters. The fourth-order valence-corrected chi connectivity index (χ4v) is 11.3. The number of hydrogen-bond donors (Lipinski definition) is 1. The van der Waals surface area contributed by atoms with Crippen molar-refractivity contribution in [2.24, 2.45) is 56.4 Å². The van der Waals surface area contributed by atoms with Gasteiger partial charge in [-0.05, 0) is 122 Å². The highest BCUT2D eigenvalue weighted by Gasteiger charge is 2.71. The van der Waals surface area contributed by atoms with Gasteiger partial charge in [-0.25, -0.2) is 0 Å². The number of aliphatic hydroxyl groups excluding tert-OH is 1. The first-order valence-electron chi connectivity index (χ1n) is 13.6. The topological polar surface area (TPSA) is 49.7 Å². The molecule has 32 heavy (non-hydrogen) atoms. The van der Waals surface area contributed by atoms with Crippen LogP contribution in [0.1, 0.15) is 106 Å². The molecular weight excluding hydrogens is 394 g/mol. The van der Waals surface area contributed by atoms with Crippen LogP contribution in [-0.2, 0) is 0 Å². The van der Waals surface area contributed by atoms with Gasteiger partial charge in [0.1, 0.15) is 5.54 Å². The van der Waals surface area contributed by atoms with Crippen LogP contribution in [0.15, 0.2) is 17.3 Å². The van der Waals surface area contributed by atoms with Crippen molar-refractivity contribution in [2.45, 2.75) is 117 Å². The molecule has 0 spiro atoms. The first kappa shape index (κ1) is 23.1. The lowest BCUT2D eigenvalue weighted by Gasteiger charge is -2.72. The summed E-state index contributed by atoms with van der Waals surface area (Å²) in [6.07, 6.45) is 11.2. The number of allylic oxidation sites excluding steroid dienone is 1. The molecule has 0 saturated heterocycles. The van der Waals surface area contributed by atoms with Crippen LogP contribution in [0.2, 0.25) is 0 Å². The first-order chi connectivity index (χ1) is 14.9. The van der Waals surface area contributed by atoms with Crippen LogP contribution in [0.5, 0.6) is 0 Å². The Kier molecular flexibility index (Phi) is 4.99. The number of fused-ring (bicyclic) bond motifs is 7. The molecule has 3 nitrogen and oxygen atoms in total. The summed E-state index contributed by atoms with van der Waals surface area (Å²) in [6.45, 7) is 19.1. The van der Waals surface area contributed by atoms with Gasteiger partial charge in [-0.2, -0.15) is 4.91 Å². The number of nitroso groups, excluding NO2 is 1. The number of hydrogen-bond acceptors (Lipinski definition) is 3. The summed E-state index contributed by atoms with van der Waals surface area (Å²) in [5, 5.41) is 14.8. The quantitative estimate of drug-likeness (QED) is 0.356. The Morgan fingerprint density at radius 2 is 1.56 bits per heavy atom. The van der Waals surface area contributed by atoms with Crippen LogP contribution < -0.4 is 0 Å². The normalized spacial score (nSPS) is 56.3. The van der Waals surface area contributed by atoms with E-state index in [1.54, 1.807) is 0 Å². The van der Waals surface area contributed by atoms with Crippen LogP contribution >= 0.6 is 0 Å². The van der Waals surface area contributed by atoms with Crippen LogP contribution in [0.25, 0.3) is 0 Å². The molecule has 5 aliphatic rings. The van der Waals surface area contributed by atoms with Gasteiger partial charge in [0, 0.05) is 0 Å². The molecule has 0 radical (unpaired) electrons. The second-order valence-corrected chi connectivity index (χ2v) is 14.3. The Morgan fingerprint density at radius 3 is 2.22 bits per heavy atom. The van der Waals surface area contributed by atoms with Gasteiger partial charge in [0.25, 0.3) is 0 Å². The van der Waals surface area contributed by atoms with E-state index >= 15 is 0 Å². The lowest BCUT2D eigenvalue weighted by Crippen LogP contribution is -2.67. The summed E-state index contributed by atoms with van der Waals surface area (Å²) in [5.41, 5.74) is 1.82. The highest BCUT2D eigenvalue weighted by Crippen LogP contribution is 2.76. The molecular formula is C29H47NO2. The summed E-state index contributed by atoms with van der Waals surface area (Å²) in [6, 6.07) is 0. The van der Waals surface area contributed by atoms with Crippen molar-refractivity contribution in [2.75, 3.05) is 0 Å². The average Bonchev–Trinajstić information content (AvgIpc) is 3.12. The maximum absolute atomic E-state index is 12.3. The molecule has 0 amide bonds. The van der Waals surface area contributed by atoms with Crippen LogP contribution in [-0.4, -0.2) is 16.7 Å². The number of rotatable bonds is 2. The zero-order valence-electron chi connectivity index (χ0n) is 21.5. The molecule has 0 heterocycles. The maximum atomic E-state index is 12.3. The lowest BCUT2D eigenvalue weighted by atomic mass is 9.32. The Morgan fingerprint density at radius 1 is 0.844 bits per heavy atom. The van der Waals surface area contributed by atoms with Crippen molar-refractivity contribution in [1.82, 2.24) is 0 Å². The van der Waals surface area contributed by atoms with Gasteiger partial charge in [0.2, 0.25) is 0 Å². The monoisotopic (exact) mass is 441 g/mol. The molecule has 0 aromatic rings. The predicted molar refractivity (Wildman–Crippen MR) is 131 cm³/mol. The summed E-state index contributed by atoms with van der Waals surface area (Å²) >= 11 is 0. The van der Waals surface area contributed by atoms with Gasteiger partial charge < -0.3 is 5.11 Å². The maximum Gasteiger partial charge on any atom is 0.106 e. The fraction of sp³-hybridized carbons (Fsp3) is 0.931. The molecule has 0 bridgehead atoms. The Balaban J connectivity index is 1.56. The van der Waals surface area contributed by atoms with Crippen LogP contribution in [0.4, 0.5) is 0 Å². The predicted octanol–water partition coefficient (Wildman–Crippen LogP) is 7.52. The minimum Gasteiger partial charge on any atom is -0.393 e. The van der Waals surface area contributed by atoms with E-state index in [2.05, 4.69) is 53.3 Å². The summed E-state index contributed by atoms with van der Waals surface area (Å²) in [7, 11) is 0. The second-order valence-electron chi connectivity index (χ2n) is 14.3. The molecule has 10 atom stereocenters. The van der Waals surface area contributed by atoms with Gasteiger partial charge in [0.05, 0.1) is 6.10 Å². The van der Waals surface area contributed by atoms with Crippen molar-refractivity contribution in [1.29, 1.82) is 0 Å². The van der Waals surface area contributed by atoms with Gasteiger partial charge >= 0.3 is 0 Å². The van der Waals surface area contributed by atoms with Crippen molar-refractivity contribution < 1.29 is 5.11 Å². The van der Waals surface area contributed by atoms with E-state index in [9.17, 15) is 10.0 Å². The van der Waals surface area contributed by atoms with E-state index in [-0.39, 0.29) is 22.5 Å². The molecule has 0 aromatic heterocycles. The SMILES string of the molecule is C=C(C)C1CCC2(N=O)CCC3(C)C(CCC4C5(C)CCC(O)C(C)(C)C5CCC43C)C12. The van der Waals surface area contributed by atoms with E-state index in [0.717, 1.165) is 32.1 Å². The Bertz CT molecular complexity index is 820. The summed E-state index contributed by atoms with van der Waals surface area (Å²) in [4.78, 5) is 12.3. The minimum absolute atomic E-state index is 0.00569. The van der Waals surface area contributed by atoms with Gasteiger partial charge in [-0.3, -0.25) is 0 Å².